The Morgan fingerprint density at radius 2 is 1.02 bits per heavy atom. The molecule has 1 rings (SSSR count). The molecule has 1 aliphatic rings. The van der Waals surface area contributed by atoms with E-state index in [9.17, 15) is 30.3 Å². The first-order valence-corrected chi connectivity index (χ1v) is 23.6. The summed E-state index contributed by atoms with van der Waals surface area (Å²) in [6.45, 7) is 3.58. The molecule has 0 bridgehead atoms. The van der Waals surface area contributed by atoms with Crippen molar-refractivity contribution in [1.29, 1.82) is 0 Å². The molecule has 9 nitrogen and oxygen atoms in total. The van der Waals surface area contributed by atoms with Gasteiger partial charge >= 0.3 is 0 Å². The Hall–Kier alpha value is -3.15. The lowest BCUT2D eigenvalue weighted by Crippen LogP contribution is -2.60. The maximum Gasteiger partial charge on any atom is 0.220 e. The third-order valence-electron chi connectivity index (χ3n) is 10.4. The van der Waals surface area contributed by atoms with E-state index in [-0.39, 0.29) is 12.5 Å². The van der Waals surface area contributed by atoms with Crippen molar-refractivity contribution in [2.24, 2.45) is 0 Å². The van der Waals surface area contributed by atoms with Crippen LogP contribution in [0.1, 0.15) is 155 Å². The molecule has 1 fully saturated rings. The van der Waals surface area contributed by atoms with E-state index in [1.54, 1.807) is 0 Å². The first kappa shape index (κ1) is 55.9. The SMILES string of the molecule is CC/C=C\C/C=C\C/C=C\C/C=C\C/C=C\C/C=C\C/C=C\C/C=C\C/C=C\CCCCCCCC(=O)NC(COC1OC(CO)C(O)C(O)C1O)C(O)CCCCCCC. The minimum atomic E-state index is -1.56. The smallest absolute Gasteiger partial charge is 0.220 e. The second-order valence-corrected chi connectivity index (χ2v) is 15.8. The van der Waals surface area contributed by atoms with Crippen molar-refractivity contribution < 1.29 is 39.8 Å². The Morgan fingerprint density at radius 1 is 0.574 bits per heavy atom. The zero-order valence-electron chi connectivity index (χ0n) is 37.9. The summed E-state index contributed by atoms with van der Waals surface area (Å²) in [6.07, 6.45) is 53.0. The number of nitrogens with one attached hydrogen (secondary N) is 1. The average Bonchev–Trinajstić information content (AvgIpc) is 3.26. The lowest BCUT2D eigenvalue weighted by molar-refractivity contribution is -0.302. The van der Waals surface area contributed by atoms with Crippen LogP contribution in [0.3, 0.4) is 0 Å². The van der Waals surface area contributed by atoms with Crippen LogP contribution in [0.2, 0.25) is 0 Å². The molecule has 7 atom stereocenters. The van der Waals surface area contributed by atoms with E-state index in [0.29, 0.717) is 12.8 Å². The lowest BCUT2D eigenvalue weighted by Gasteiger charge is -2.40. The number of carbonyl (C=O) groups is 1. The fraction of sp³-hybridized carbons (Fsp3) is 0.635. The Morgan fingerprint density at radius 3 is 1.51 bits per heavy atom. The molecule has 1 aliphatic heterocycles. The summed E-state index contributed by atoms with van der Waals surface area (Å²) < 4.78 is 11.1. The quantitative estimate of drug-likeness (QED) is 0.0267. The van der Waals surface area contributed by atoms with Gasteiger partial charge in [-0.2, -0.15) is 0 Å². The number of hydrogen-bond acceptors (Lipinski definition) is 8. The number of allylic oxidation sites excluding steroid dienone is 18. The largest absolute Gasteiger partial charge is 0.394 e. The molecule has 0 aliphatic carbocycles. The highest BCUT2D eigenvalue weighted by Gasteiger charge is 2.44. The Kier molecular flexibility index (Phi) is 37.5. The highest BCUT2D eigenvalue weighted by molar-refractivity contribution is 5.76. The maximum absolute atomic E-state index is 12.9. The lowest BCUT2D eigenvalue weighted by atomic mass is 9.99. The van der Waals surface area contributed by atoms with Crippen molar-refractivity contribution in [3.05, 3.63) is 109 Å². The van der Waals surface area contributed by atoms with Crippen molar-refractivity contribution in [2.75, 3.05) is 13.2 Å². The molecule has 0 aromatic rings. The molecule has 0 spiro atoms. The summed E-state index contributed by atoms with van der Waals surface area (Å²) >= 11 is 0. The number of ether oxygens (including phenoxy) is 2. The van der Waals surface area contributed by atoms with Gasteiger partial charge in [-0.05, 0) is 83.5 Å². The number of aliphatic hydroxyl groups excluding tert-OH is 5. The van der Waals surface area contributed by atoms with Crippen LogP contribution in [0, 0.1) is 0 Å². The van der Waals surface area contributed by atoms with Crippen molar-refractivity contribution in [3.8, 4) is 0 Å². The van der Waals surface area contributed by atoms with E-state index in [1.165, 1.54) is 0 Å². The number of rotatable bonds is 37. The second kappa shape index (κ2) is 40.9. The van der Waals surface area contributed by atoms with Crippen LogP contribution < -0.4 is 5.32 Å². The summed E-state index contributed by atoms with van der Waals surface area (Å²) in [6, 6.07) is -0.733. The summed E-state index contributed by atoms with van der Waals surface area (Å²) in [5.74, 6) is -0.177. The predicted octanol–water partition coefficient (Wildman–Crippen LogP) is 10.3. The zero-order chi connectivity index (χ0) is 44.4. The van der Waals surface area contributed by atoms with Gasteiger partial charge in [-0.3, -0.25) is 4.79 Å². The summed E-state index contributed by atoms with van der Waals surface area (Å²) in [5, 5.41) is 53.8. The molecular formula is C52H85NO8. The van der Waals surface area contributed by atoms with Gasteiger partial charge in [-0.25, -0.2) is 0 Å². The first-order valence-electron chi connectivity index (χ1n) is 23.6. The van der Waals surface area contributed by atoms with Gasteiger partial charge in [-0.15, -0.1) is 0 Å². The third-order valence-corrected chi connectivity index (χ3v) is 10.4. The molecule has 0 aromatic carbocycles. The topological polar surface area (TPSA) is 149 Å². The van der Waals surface area contributed by atoms with E-state index in [1.807, 2.05) is 0 Å². The van der Waals surface area contributed by atoms with Gasteiger partial charge in [0.15, 0.2) is 6.29 Å². The number of carbonyl (C=O) groups excluding carboxylic acids is 1. The molecule has 0 radical (unpaired) electrons. The number of aliphatic hydroxyl groups is 5. The molecule has 61 heavy (non-hydrogen) atoms. The van der Waals surface area contributed by atoms with Gasteiger partial charge in [0.2, 0.25) is 5.91 Å². The number of hydrogen-bond donors (Lipinski definition) is 6. The summed E-state index contributed by atoms with van der Waals surface area (Å²) in [5.41, 5.74) is 0. The van der Waals surface area contributed by atoms with Crippen LogP contribution in [-0.2, 0) is 14.3 Å². The van der Waals surface area contributed by atoms with Crippen molar-refractivity contribution in [2.45, 2.75) is 198 Å². The molecule has 1 saturated heterocycles. The first-order chi connectivity index (χ1) is 29.8. The van der Waals surface area contributed by atoms with Crippen LogP contribution in [0.4, 0.5) is 0 Å². The standard InChI is InChI=1S/C52H85NO8/c1-3-5-7-9-10-11-12-13-14-15-16-17-18-19-20-21-22-23-24-25-26-27-28-29-30-31-32-33-34-35-36-38-40-42-48(56)53-45(46(55)41-39-37-8-6-4-2)44-60-52-51(59)50(58)49(57)47(43-54)61-52/h5,7,10-11,13-14,16-17,19-20,22-23,25-26,28-29,31-32,45-47,49-52,54-55,57-59H,3-4,6,8-9,12,15,18,21,24,27,30,33-44H2,1-2H3,(H,53,56)/b7-5-,11-10-,14-13-,17-16-,20-19-,23-22-,26-25-,29-28-,32-31-. The molecule has 0 aromatic heterocycles. The van der Waals surface area contributed by atoms with Crippen molar-refractivity contribution in [3.63, 3.8) is 0 Å². The van der Waals surface area contributed by atoms with Gasteiger partial charge in [0, 0.05) is 6.42 Å². The predicted molar refractivity (Wildman–Crippen MR) is 253 cm³/mol. The van der Waals surface area contributed by atoms with Crippen LogP contribution in [-0.4, -0.2) is 87.5 Å². The van der Waals surface area contributed by atoms with Gasteiger partial charge in [-0.1, -0.05) is 175 Å². The van der Waals surface area contributed by atoms with Gasteiger partial charge < -0.3 is 40.3 Å². The molecule has 7 unspecified atom stereocenters. The fourth-order valence-corrected chi connectivity index (χ4v) is 6.62. The zero-order valence-corrected chi connectivity index (χ0v) is 37.9. The molecule has 9 heteroatoms. The molecular weight excluding hydrogens is 767 g/mol. The minimum absolute atomic E-state index is 0.156. The minimum Gasteiger partial charge on any atom is -0.394 e. The molecule has 1 amide bonds. The number of amides is 1. The van der Waals surface area contributed by atoms with E-state index >= 15 is 0 Å². The van der Waals surface area contributed by atoms with Crippen LogP contribution in [0.15, 0.2) is 109 Å². The third kappa shape index (κ3) is 31.4. The van der Waals surface area contributed by atoms with E-state index in [4.69, 9.17) is 9.47 Å². The van der Waals surface area contributed by atoms with E-state index in [0.717, 1.165) is 128 Å². The fourth-order valence-electron chi connectivity index (χ4n) is 6.62. The molecule has 6 N–H and O–H groups in total. The molecule has 346 valence electrons. The normalized spacial score (nSPS) is 21.5. The van der Waals surface area contributed by atoms with Gasteiger partial charge in [0.25, 0.3) is 0 Å². The summed E-state index contributed by atoms with van der Waals surface area (Å²) in [4.78, 5) is 12.9. The second-order valence-electron chi connectivity index (χ2n) is 15.8. The van der Waals surface area contributed by atoms with Crippen molar-refractivity contribution in [1.82, 2.24) is 5.32 Å². The Labute approximate surface area is 370 Å². The molecule has 1 heterocycles. The monoisotopic (exact) mass is 852 g/mol. The highest BCUT2D eigenvalue weighted by atomic mass is 16.7. The maximum atomic E-state index is 12.9. The van der Waals surface area contributed by atoms with E-state index in [2.05, 4.69) is 129 Å². The van der Waals surface area contributed by atoms with Gasteiger partial charge in [0.1, 0.15) is 24.4 Å². The molecule has 0 saturated carbocycles. The summed E-state index contributed by atoms with van der Waals surface area (Å²) in [7, 11) is 0. The Balaban J connectivity index is 2.15. The van der Waals surface area contributed by atoms with Gasteiger partial charge in [0.05, 0.1) is 25.4 Å². The van der Waals surface area contributed by atoms with Crippen LogP contribution >= 0.6 is 0 Å². The number of unbranched alkanes of at least 4 members (excludes halogenated alkanes) is 9. The van der Waals surface area contributed by atoms with Crippen LogP contribution in [0.25, 0.3) is 0 Å². The van der Waals surface area contributed by atoms with E-state index < -0.39 is 49.5 Å². The van der Waals surface area contributed by atoms with Crippen LogP contribution in [0.5, 0.6) is 0 Å². The van der Waals surface area contributed by atoms with Crippen molar-refractivity contribution >= 4 is 5.91 Å². The Bertz CT molecular complexity index is 1310. The average molecular weight is 852 g/mol. The highest BCUT2D eigenvalue weighted by Crippen LogP contribution is 2.23.